The van der Waals surface area contributed by atoms with Gasteiger partial charge in [-0.25, -0.2) is 4.79 Å². The van der Waals surface area contributed by atoms with Gasteiger partial charge in [-0.2, -0.15) is 0 Å². The Hall–Kier alpha value is -3.02. The lowest BCUT2D eigenvalue weighted by Crippen LogP contribution is -2.44. The molecule has 1 atom stereocenters. The number of dihydropyridines is 1. The number of fused-ring (bicyclic) bond motifs is 1. The van der Waals surface area contributed by atoms with E-state index < -0.39 is 12.0 Å². The number of carbonyl (C=O) groups excluding carboxylic acids is 2. The summed E-state index contributed by atoms with van der Waals surface area (Å²) in [6, 6.07) is 7.12. The van der Waals surface area contributed by atoms with Crippen molar-refractivity contribution < 1.29 is 14.3 Å². The Labute approximate surface area is 145 Å². The molecule has 1 aromatic heterocycles. The van der Waals surface area contributed by atoms with Gasteiger partial charge >= 0.3 is 5.97 Å². The summed E-state index contributed by atoms with van der Waals surface area (Å²) >= 11 is 0. The lowest BCUT2D eigenvalue weighted by atomic mass is 10.0. The average Bonchev–Trinajstić information content (AvgIpc) is 3.05. The van der Waals surface area contributed by atoms with Crippen LogP contribution in [0.2, 0.25) is 0 Å². The number of hydrogen-bond donors (Lipinski definition) is 3. The molecule has 2 heterocycles. The number of para-hydroxylation sites is 1. The van der Waals surface area contributed by atoms with Crippen molar-refractivity contribution in [2.45, 2.75) is 25.8 Å². The molecule has 2 aromatic rings. The van der Waals surface area contributed by atoms with E-state index in [4.69, 9.17) is 4.74 Å². The molecular weight excluding hydrogens is 318 g/mol. The molecule has 6 nitrogen and oxygen atoms in total. The van der Waals surface area contributed by atoms with Crippen LogP contribution in [-0.2, 0) is 20.7 Å². The van der Waals surface area contributed by atoms with Gasteiger partial charge in [-0.3, -0.25) is 4.79 Å². The number of aromatic amines is 1. The largest absolute Gasteiger partial charge is 0.464 e. The highest BCUT2D eigenvalue weighted by atomic mass is 16.5. The molecule has 3 N–H and O–H groups in total. The van der Waals surface area contributed by atoms with Crippen molar-refractivity contribution in [3.63, 3.8) is 0 Å². The van der Waals surface area contributed by atoms with Gasteiger partial charge in [0.1, 0.15) is 6.04 Å². The van der Waals surface area contributed by atoms with Gasteiger partial charge in [0.2, 0.25) is 5.91 Å². The first-order valence-corrected chi connectivity index (χ1v) is 8.31. The molecule has 0 bridgehead atoms. The van der Waals surface area contributed by atoms with Gasteiger partial charge in [0, 0.05) is 35.3 Å². The van der Waals surface area contributed by atoms with Crippen molar-refractivity contribution in [2.24, 2.45) is 0 Å². The Morgan fingerprint density at radius 3 is 2.92 bits per heavy atom. The minimum Gasteiger partial charge on any atom is -0.464 e. The van der Waals surface area contributed by atoms with Crippen molar-refractivity contribution >= 4 is 22.8 Å². The second-order valence-electron chi connectivity index (χ2n) is 5.78. The summed E-state index contributed by atoms with van der Waals surface area (Å²) in [7, 11) is 0. The first kappa shape index (κ1) is 16.8. The number of aromatic nitrogens is 1. The Balaban J connectivity index is 1.78. The minimum atomic E-state index is -0.738. The van der Waals surface area contributed by atoms with E-state index in [1.807, 2.05) is 36.5 Å². The number of H-pyrrole nitrogens is 1. The van der Waals surface area contributed by atoms with E-state index in [0.29, 0.717) is 18.4 Å². The second-order valence-corrected chi connectivity index (χ2v) is 5.78. The summed E-state index contributed by atoms with van der Waals surface area (Å²) in [6.07, 6.45) is 8.03. The number of esters is 1. The van der Waals surface area contributed by atoms with Crippen molar-refractivity contribution in [1.29, 1.82) is 0 Å². The van der Waals surface area contributed by atoms with Crippen LogP contribution in [0.1, 0.15) is 18.9 Å². The van der Waals surface area contributed by atoms with Gasteiger partial charge in [0.15, 0.2) is 0 Å². The molecule has 3 rings (SSSR count). The van der Waals surface area contributed by atoms with E-state index in [0.717, 1.165) is 16.5 Å². The second kappa shape index (κ2) is 7.70. The topological polar surface area (TPSA) is 83.2 Å². The zero-order chi connectivity index (χ0) is 17.6. The zero-order valence-corrected chi connectivity index (χ0v) is 14.0. The number of allylic oxidation sites excluding steroid dienone is 1. The average molecular weight is 339 g/mol. The maximum atomic E-state index is 12.4. The van der Waals surface area contributed by atoms with Crippen LogP contribution < -0.4 is 10.6 Å². The predicted molar refractivity (Wildman–Crippen MR) is 95.5 cm³/mol. The molecule has 0 radical (unpaired) electrons. The SMILES string of the molecule is CCOC(=O)C(Cc1c[nH]c2ccccc12)NC(=O)C1=CNC=CC1. The van der Waals surface area contributed by atoms with Crippen LogP contribution in [0.25, 0.3) is 10.9 Å². The molecule has 1 aliphatic rings. The highest BCUT2D eigenvalue weighted by molar-refractivity contribution is 5.96. The van der Waals surface area contributed by atoms with Crippen LogP contribution >= 0.6 is 0 Å². The molecule has 1 aliphatic heterocycles. The van der Waals surface area contributed by atoms with Gasteiger partial charge in [-0.1, -0.05) is 24.3 Å². The van der Waals surface area contributed by atoms with Crippen molar-refractivity contribution in [1.82, 2.24) is 15.6 Å². The molecular formula is C19H21N3O3. The lowest BCUT2D eigenvalue weighted by molar-refractivity contribution is -0.147. The Kier molecular flexibility index (Phi) is 5.18. The standard InChI is InChI=1S/C19H21N3O3/c1-2-25-19(24)17(22-18(23)13-6-5-9-20-11-13)10-14-12-21-16-8-4-3-7-15(14)16/h3-5,7-9,11-12,17,20-21H,2,6,10H2,1H3,(H,22,23). The summed E-state index contributed by atoms with van der Waals surface area (Å²) in [4.78, 5) is 28.0. The Bertz CT molecular complexity index is 835. The van der Waals surface area contributed by atoms with Crippen molar-refractivity contribution in [2.75, 3.05) is 6.61 Å². The monoisotopic (exact) mass is 339 g/mol. The summed E-state index contributed by atoms with van der Waals surface area (Å²) < 4.78 is 5.14. The van der Waals surface area contributed by atoms with E-state index in [2.05, 4.69) is 15.6 Å². The summed E-state index contributed by atoms with van der Waals surface area (Å²) in [5, 5.41) is 6.73. The Morgan fingerprint density at radius 2 is 2.16 bits per heavy atom. The number of benzene rings is 1. The third kappa shape index (κ3) is 3.91. The van der Waals surface area contributed by atoms with Crippen LogP contribution in [0.5, 0.6) is 0 Å². The van der Waals surface area contributed by atoms with E-state index >= 15 is 0 Å². The number of carbonyl (C=O) groups is 2. The first-order valence-electron chi connectivity index (χ1n) is 8.31. The molecule has 1 aromatic carbocycles. The van der Waals surface area contributed by atoms with Crippen LogP contribution in [0, 0.1) is 0 Å². The van der Waals surface area contributed by atoms with Gasteiger partial charge in [-0.05, 0) is 31.2 Å². The number of ether oxygens (including phenoxy) is 1. The third-order valence-electron chi connectivity index (χ3n) is 4.08. The van der Waals surface area contributed by atoms with Crippen LogP contribution in [0.4, 0.5) is 0 Å². The van der Waals surface area contributed by atoms with Crippen LogP contribution in [0.15, 0.2) is 54.5 Å². The van der Waals surface area contributed by atoms with Crippen molar-refractivity contribution in [3.8, 4) is 0 Å². The fraction of sp³-hybridized carbons (Fsp3) is 0.263. The highest BCUT2D eigenvalue weighted by Gasteiger charge is 2.25. The molecule has 0 fully saturated rings. The molecule has 0 saturated carbocycles. The minimum absolute atomic E-state index is 0.269. The summed E-state index contributed by atoms with van der Waals surface area (Å²) in [6.45, 7) is 2.02. The van der Waals surface area contributed by atoms with Gasteiger partial charge in [-0.15, -0.1) is 0 Å². The van der Waals surface area contributed by atoms with Gasteiger partial charge < -0.3 is 20.4 Å². The summed E-state index contributed by atoms with van der Waals surface area (Å²) in [5.41, 5.74) is 2.54. The van der Waals surface area contributed by atoms with E-state index in [9.17, 15) is 9.59 Å². The first-order chi connectivity index (χ1) is 12.2. The van der Waals surface area contributed by atoms with E-state index in [1.165, 1.54) is 0 Å². The Morgan fingerprint density at radius 1 is 1.32 bits per heavy atom. The highest BCUT2D eigenvalue weighted by Crippen LogP contribution is 2.19. The number of hydrogen-bond acceptors (Lipinski definition) is 4. The molecule has 0 saturated heterocycles. The molecule has 0 aliphatic carbocycles. The van der Waals surface area contributed by atoms with E-state index in [1.54, 1.807) is 19.3 Å². The fourth-order valence-electron chi connectivity index (χ4n) is 2.83. The number of amides is 1. The van der Waals surface area contributed by atoms with Gasteiger partial charge in [0.25, 0.3) is 0 Å². The maximum absolute atomic E-state index is 12.4. The smallest absolute Gasteiger partial charge is 0.328 e. The molecule has 0 spiro atoms. The van der Waals surface area contributed by atoms with E-state index in [-0.39, 0.29) is 12.5 Å². The molecule has 1 amide bonds. The van der Waals surface area contributed by atoms with Crippen molar-refractivity contribution in [3.05, 3.63) is 60.1 Å². The predicted octanol–water partition coefficient (Wildman–Crippen LogP) is 2.15. The molecule has 1 unspecified atom stereocenters. The van der Waals surface area contributed by atoms with Crippen LogP contribution in [-0.4, -0.2) is 29.5 Å². The fourth-order valence-corrected chi connectivity index (χ4v) is 2.83. The summed E-state index contributed by atoms with van der Waals surface area (Å²) in [5.74, 6) is -0.698. The normalized spacial score (nSPS) is 14.5. The third-order valence-corrected chi connectivity index (χ3v) is 4.08. The quantitative estimate of drug-likeness (QED) is 0.704. The number of rotatable bonds is 6. The molecule has 130 valence electrons. The zero-order valence-electron chi connectivity index (χ0n) is 14.0. The molecule has 6 heteroatoms. The maximum Gasteiger partial charge on any atom is 0.328 e. The lowest BCUT2D eigenvalue weighted by Gasteiger charge is -2.18. The molecule has 25 heavy (non-hydrogen) atoms. The number of nitrogens with one attached hydrogen (secondary N) is 3. The van der Waals surface area contributed by atoms with Gasteiger partial charge in [0.05, 0.1) is 6.61 Å². The van der Waals surface area contributed by atoms with Crippen LogP contribution in [0.3, 0.4) is 0 Å².